The van der Waals surface area contributed by atoms with Crippen molar-refractivity contribution in [3.63, 3.8) is 0 Å². The van der Waals surface area contributed by atoms with Gasteiger partial charge in [-0.25, -0.2) is 0 Å². The molecule has 8 aromatic carbocycles. The Morgan fingerprint density at radius 3 is 1.07 bits per heavy atom. The smallest absolute Gasteiger partial charge is 0.0664 e. The van der Waals surface area contributed by atoms with E-state index in [0.29, 0.717) is 23.7 Å². The molecule has 258 valence electrons. The van der Waals surface area contributed by atoms with Crippen LogP contribution in [0.3, 0.4) is 0 Å². The fourth-order valence-corrected chi connectivity index (χ4v) is 11.6. The molecular formula is C52H44B2. The van der Waals surface area contributed by atoms with Crippen LogP contribution in [0, 0.1) is 0 Å². The summed E-state index contributed by atoms with van der Waals surface area (Å²) in [7, 11) is 0. The van der Waals surface area contributed by atoms with Crippen molar-refractivity contribution in [2.75, 3.05) is 0 Å². The molecule has 0 saturated heterocycles. The van der Waals surface area contributed by atoms with E-state index in [4.69, 9.17) is 0 Å². The molecule has 0 aromatic heterocycles. The Kier molecular flexibility index (Phi) is 6.01. The molecule has 0 bridgehead atoms. The molecule has 0 radical (unpaired) electrons. The van der Waals surface area contributed by atoms with Gasteiger partial charge in [0, 0.05) is 0 Å². The van der Waals surface area contributed by atoms with Crippen molar-refractivity contribution < 1.29 is 0 Å². The lowest BCUT2D eigenvalue weighted by Gasteiger charge is -2.34. The summed E-state index contributed by atoms with van der Waals surface area (Å²) in [5.41, 5.74) is 26.4. The lowest BCUT2D eigenvalue weighted by Crippen LogP contribution is -2.53. The highest BCUT2D eigenvalue weighted by Crippen LogP contribution is 2.50. The van der Waals surface area contributed by atoms with Crippen LogP contribution < -0.4 is 32.8 Å². The Balaban J connectivity index is 1.33. The van der Waals surface area contributed by atoms with E-state index in [9.17, 15) is 0 Å². The summed E-state index contributed by atoms with van der Waals surface area (Å²) in [6.07, 6.45) is 0. The van der Waals surface area contributed by atoms with Gasteiger partial charge < -0.3 is 0 Å². The van der Waals surface area contributed by atoms with Gasteiger partial charge in [-0.3, -0.25) is 0 Å². The quantitative estimate of drug-likeness (QED) is 0.127. The molecule has 2 heteroatoms. The van der Waals surface area contributed by atoms with Crippen LogP contribution in [0.4, 0.5) is 0 Å². The van der Waals surface area contributed by atoms with Crippen molar-refractivity contribution in [2.45, 2.75) is 79.1 Å². The number of rotatable bonds is 4. The van der Waals surface area contributed by atoms with Gasteiger partial charge in [-0.05, 0) is 135 Å². The minimum atomic E-state index is 0.238. The van der Waals surface area contributed by atoms with E-state index in [0.717, 1.165) is 0 Å². The zero-order valence-electron chi connectivity index (χ0n) is 32.7. The van der Waals surface area contributed by atoms with E-state index in [2.05, 4.69) is 152 Å². The van der Waals surface area contributed by atoms with Gasteiger partial charge in [0.1, 0.15) is 0 Å². The first kappa shape index (κ1) is 31.3. The lowest BCUT2D eigenvalue weighted by molar-refractivity contribution is 0.867. The molecule has 0 N–H and O–H groups in total. The van der Waals surface area contributed by atoms with Crippen LogP contribution in [0.2, 0.25) is 0 Å². The van der Waals surface area contributed by atoms with Gasteiger partial charge in [-0.2, -0.15) is 0 Å². The van der Waals surface area contributed by atoms with Crippen LogP contribution in [0.25, 0.3) is 76.8 Å². The Morgan fingerprint density at radius 2 is 0.704 bits per heavy atom. The number of hydrogen-bond donors (Lipinski definition) is 0. The summed E-state index contributed by atoms with van der Waals surface area (Å²) in [5.74, 6) is 1.68. The third-order valence-electron chi connectivity index (χ3n) is 14.1. The minimum Gasteiger partial charge on any atom is -0.0664 e. The lowest BCUT2D eigenvalue weighted by atomic mass is 9.34. The Labute approximate surface area is 320 Å². The van der Waals surface area contributed by atoms with Gasteiger partial charge in [0.25, 0.3) is 0 Å². The largest absolute Gasteiger partial charge is 0.244 e. The Morgan fingerprint density at radius 1 is 0.333 bits per heavy atom. The van der Waals surface area contributed by atoms with E-state index in [-0.39, 0.29) is 13.4 Å². The van der Waals surface area contributed by atoms with Gasteiger partial charge >= 0.3 is 0 Å². The molecule has 0 atom stereocenters. The molecule has 0 unspecified atom stereocenters. The number of benzene rings is 8. The van der Waals surface area contributed by atoms with Crippen molar-refractivity contribution in [3.8, 4) is 44.5 Å². The first-order chi connectivity index (χ1) is 26.1. The summed E-state index contributed by atoms with van der Waals surface area (Å²) in [6.45, 7) is 19.6. The highest BCUT2D eigenvalue weighted by atomic mass is 14.4. The average Bonchev–Trinajstić information content (AvgIpc) is 3.68. The highest BCUT2D eigenvalue weighted by molar-refractivity contribution is 7.03. The molecule has 0 amide bonds. The van der Waals surface area contributed by atoms with Crippen molar-refractivity contribution >= 4 is 78.5 Å². The maximum atomic E-state index is 2.68. The van der Waals surface area contributed by atoms with Crippen LogP contribution in [0.1, 0.15) is 101 Å². The molecule has 4 heterocycles. The fraction of sp³-hybridized carbons (Fsp3) is 0.231. The SMILES string of the molecule is CC(C)c1cc2c3c(c1)-c1cc(C(C)C)c4cc5c6c(cc(C(C)C)c7cc(c1c4c76)B3c1ccccc1-2)-c1cc(C(C)C)cc2c1B5c1ccccc1-2. The van der Waals surface area contributed by atoms with Crippen LogP contribution in [0.15, 0.2) is 97.1 Å². The van der Waals surface area contributed by atoms with Crippen molar-refractivity contribution in [2.24, 2.45) is 0 Å². The van der Waals surface area contributed by atoms with Crippen molar-refractivity contribution in [1.82, 2.24) is 0 Å². The first-order valence-electron chi connectivity index (χ1n) is 20.5. The predicted molar refractivity (Wildman–Crippen MR) is 238 cm³/mol. The van der Waals surface area contributed by atoms with Gasteiger partial charge in [-0.1, -0.05) is 173 Å². The van der Waals surface area contributed by atoms with Crippen LogP contribution >= 0.6 is 0 Å². The third-order valence-corrected chi connectivity index (χ3v) is 14.1. The van der Waals surface area contributed by atoms with Crippen LogP contribution in [0.5, 0.6) is 0 Å². The first-order valence-corrected chi connectivity index (χ1v) is 20.5. The second-order valence-corrected chi connectivity index (χ2v) is 18.3. The summed E-state index contributed by atoms with van der Waals surface area (Å²) >= 11 is 0. The molecule has 8 aromatic rings. The van der Waals surface area contributed by atoms with Crippen LogP contribution in [-0.2, 0) is 0 Å². The standard InChI is InChI=1S/C52H44B2/c1-25(2)29-17-39-31-13-9-11-15-43(31)53-45-23-38-34(28(7)8)22-36-42-20-30(26(3)4)18-40-32-14-10-12-16-44(32)54(52(40)42)46-24-37-33(27(5)6)21-35(41(19-29)51(39)53)47(45)49(37)50(38)48(36)46/h9-28H,1-8H3. The molecule has 0 saturated carbocycles. The molecule has 0 aliphatic carbocycles. The molecule has 4 aliphatic rings. The van der Waals surface area contributed by atoms with Gasteiger partial charge in [0.2, 0.25) is 13.4 Å². The topological polar surface area (TPSA) is 0 Å². The monoisotopic (exact) mass is 690 g/mol. The van der Waals surface area contributed by atoms with E-state index >= 15 is 0 Å². The number of fused-ring (bicyclic) bond motifs is 10. The molecule has 54 heavy (non-hydrogen) atoms. The molecule has 4 aliphatic heterocycles. The molecule has 0 spiro atoms. The molecule has 12 rings (SSSR count). The van der Waals surface area contributed by atoms with Gasteiger partial charge in [-0.15, -0.1) is 0 Å². The van der Waals surface area contributed by atoms with E-state index in [1.807, 2.05) is 0 Å². The van der Waals surface area contributed by atoms with Crippen LogP contribution in [-0.4, -0.2) is 13.4 Å². The second kappa shape index (κ2) is 10.4. The average molecular weight is 691 g/mol. The summed E-state index contributed by atoms with van der Waals surface area (Å²) in [4.78, 5) is 0. The minimum absolute atomic E-state index is 0.238. The second-order valence-electron chi connectivity index (χ2n) is 18.3. The number of hydrogen-bond acceptors (Lipinski definition) is 0. The zero-order chi connectivity index (χ0) is 36.6. The molecule has 0 fully saturated rings. The fourth-order valence-electron chi connectivity index (χ4n) is 11.6. The normalized spacial score (nSPS) is 14.1. The summed E-state index contributed by atoms with van der Waals surface area (Å²) < 4.78 is 0. The van der Waals surface area contributed by atoms with E-state index in [1.165, 1.54) is 132 Å². The zero-order valence-corrected chi connectivity index (χ0v) is 32.7. The Bertz CT molecular complexity index is 2800. The maximum absolute atomic E-state index is 2.68. The predicted octanol–water partition coefficient (Wildman–Crippen LogP) is 10.0. The van der Waals surface area contributed by atoms with E-state index in [1.54, 1.807) is 0 Å². The highest BCUT2D eigenvalue weighted by Gasteiger charge is 2.45. The third kappa shape index (κ3) is 3.64. The van der Waals surface area contributed by atoms with E-state index < -0.39 is 0 Å². The van der Waals surface area contributed by atoms with Crippen molar-refractivity contribution in [1.29, 1.82) is 0 Å². The Hall–Kier alpha value is -5.07. The van der Waals surface area contributed by atoms with Gasteiger partial charge in [0.05, 0.1) is 0 Å². The van der Waals surface area contributed by atoms with Gasteiger partial charge in [0.15, 0.2) is 0 Å². The van der Waals surface area contributed by atoms with Crippen molar-refractivity contribution in [3.05, 3.63) is 119 Å². The molecule has 0 nitrogen and oxygen atoms in total. The maximum Gasteiger partial charge on any atom is 0.244 e. The summed E-state index contributed by atoms with van der Waals surface area (Å²) in [5, 5.41) is 8.94. The summed E-state index contributed by atoms with van der Waals surface area (Å²) in [6, 6.07) is 39.4. The molecular weight excluding hydrogens is 646 g/mol.